The molecule has 1 N–H and O–H groups in total. The van der Waals surface area contributed by atoms with Crippen LogP contribution < -0.4 is 14.8 Å². The number of nitrogens with one attached hydrogen (secondary N) is 1. The zero-order valence-corrected chi connectivity index (χ0v) is 12.2. The van der Waals surface area contributed by atoms with E-state index in [9.17, 15) is 9.59 Å². The Labute approximate surface area is 122 Å². The second-order valence-electron chi connectivity index (χ2n) is 4.76. The predicted molar refractivity (Wildman–Crippen MR) is 74.0 cm³/mol. The van der Waals surface area contributed by atoms with Gasteiger partial charge in [0.15, 0.2) is 11.5 Å². The molecule has 1 aliphatic rings. The average molecular weight is 294 g/mol. The van der Waals surface area contributed by atoms with Crippen LogP contribution in [0.15, 0.2) is 18.2 Å². The van der Waals surface area contributed by atoms with Crippen molar-refractivity contribution in [2.45, 2.75) is 19.5 Å². The Morgan fingerprint density at radius 3 is 2.81 bits per heavy atom. The third kappa shape index (κ3) is 3.63. The lowest BCUT2D eigenvalue weighted by Gasteiger charge is -2.23. The highest BCUT2D eigenvalue weighted by molar-refractivity contribution is 5.94. The summed E-state index contributed by atoms with van der Waals surface area (Å²) < 4.78 is 15.0. The van der Waals surface area contributed by atoms with Crippen LogP contribution in [0, 0.1) is 0 Å². The number of ether oxygens (including phenoxy) is 3. The Bertz CT molecular complexity index is 546. The van der Waals surface area contributed by atoms with Gasteiger partial charge in [-0.2, -0.15) is 0 Å². The molecule has 2 amide bonds. The number of benzene rings is 1. The van der Waals surface area contributed by atoms with Crippen molar-refractivity contribution < 1.29 is 23.8 Å². The Hall–Kier alpha value is -2.28. The highest BCUT2D eigenvalue weighted by Gasteiger charge is 2.21. The first kappa shape index (κ1) is 15.1. The monoisotopic (exact) mass is 294 g/mol. The molecule has 0 radical (unpaired) electrons. The second-order valence-corrected chi connectivity index (χ2v) is 4.76. The smallest absolute Gasteiger partial charge is 0.413 e. The van der Waals surface area contributed by atoms with Crippen LogP contribution in [0.4, 0.5) is 4.79 Å². The van der Waals surface area contributed by atoms with Gasteiger partial charge in [-0.25, -0.2) is 4.79 Å². The minimum atomic E-state index is -0.761. The number of carbonyl (C=O) groups is 2. The molecule has 21 heavy (non-hydrogen) atoms. The molecular weight excluding hydrogens is 276 g/mol. The Kier molecular flexibility index (Phi) is 4.64. The van der Waals surface area contributed by atoms with E-state index in [0.29, 0.717) is 12.3 Å². The van der Waals surface area contributed by atoms with Gasteiger partial charge in [0, 0.05) is 6.54 Å². The van der Waals surface area contributed by atoms with Gasteiger partial charge in [0.05, 0.1) is 13.2 Å². The summed E-state index contributed by atoms with van der Waals surface area (Å²) in [6, 6.07) is 5.15. The van der Waals surface area contributed by atoms with Crippen LogP contribution in [-0.4, -0.2) is 43.9 Å². The first-order valence-corrected chi connectivity index (χ1v) is 6.49. The first-order valence-electron chi connectivity index (χ1n) is 6.49. The molecule has 0 fully saturated rings. The van der Waals surface area contributed by atoms with E-state index in [1.54, 1.807) is 14.0 Å². The number of nitrogens with zero attached hydrogens (tertiary/aromatic N) is 1. The lowest BCUT2D eigenvalue weighted by atomic mass is 10.1. The quantitative estimate of drug-likeness (QED) is 0.896. The van der Waals surface area contributed by atoms with Crippen LogP contribution in [0.3, 0.4) is 0 Å². The van der Waals surface area contributed by atoms with Crippen molar-refractivity contribution in [1.82, 2.24) is 10.2 Å². The second kappa shape index (κ2) is 6.45. The molecule has 1 heterocycles. The predicted octanol–water partition coefficient (Wildman–Crippen LogP) is 1.12. The van der Waals surface area contributed by atoms with E-state index in [1.807, 2.05) is 23.1 Å². The van der Waals surface area contributed by atoms with Crippen molar-refractivity contribution in [2.24, 2.45) is 0 Å². The van der Waals surface area contributed by atoms with Crippen LogP contribution in [0.25, 0.3) is 0 Å². The number of hydrogen-bond acceptors (Lipinski definition) is 6. The Balaban J connectivity index is 1.95. The zero-order chi connectivity index (χ0) is 15.4. The first-order chi connectivity index (χ1) is 10.0. The van der Waals surface area contributed by atoms with Gasteiger partial charge in [0.2, 0.25) is 12.7 Å². The molecular formula is C14H18N2O5. The highest BCUT2D eigenvalue weighted by atomic mass is 16.7. The summed E-state index contributed by atoms with van der Waals surface area (Å²) >= 11 is 0. The fourth-order valence-corrected chi connectivity index (χ4v) is 1.92. The molecule has 0 spiro atoms. The molecule has 7 nitrogen and oxygen atoms in total. The van der Waals surface area contributed by atoms with Gasteiger partial charge in [0.1, 0.15) is 0 Å². The van der Waals surface area contributed by atoms with Gasteiger partial charge in [-0.3, -0.25) is 15.0 Å². The molecule has 0 saturated carbocycles. The Morgan fingerprint density at radius 1 is 1.38 bits per heavy atom. The van der Waals surface area contributed by atoms with E-state index in [4.69, 9.17) is 9.47 Å². The molecule has 1 atom stereocenters. The molecule has 0 unspecified atom stereocenters. The average Bonchev–Trinajstić information content (AvgIpc) is 2.93. The summed E-state index contributed by atoms with van der Waals surface area (Å²) in [5.41, 5.74) is 0.986. The fraction of sp³-hybridized carbons (Fsp3) is 0.429. The van der Waals surface area contributed by atoms with E-state index in [-0.39, 0.29) is 6.79 Å². The van der Waals surface area contributed by atoms with Crippen LogP contribution in [0.2, 0.25) is 0 Å². The van der Waals surface area contributed by atoms with E-state index in [0.717, 1.165) is 11.3 Å². The molecule has 7 heteroatoms. The number of likely N-dealkylation sites (N-methyl/N-ethyl adjacent to an activating group) is 1. The summed E-state index contributed by atoms with van der Waals surface area (Å²) in [6.45, 7) is 2.48. The number of amides is 2. The van der Waals surface area contributed by atoms with E-state index in [2.05, 4.69) is 10.1 Å². The topological polar surface area (TPSA) is 77.1 Å². The molecule has 1 aromatic carbocycles. The molecule has 0 aliphatic carbocycles. The van der Waals surface area contributed by atoms with Gasteiger partial charge >= 0.3 is 6.09 Å². The summed E-state index contributed by atoms with van der Waals surface area (Å²) in [6.07, 6.45) is -0.761. The minimum absolute atomic E-state index is 0.229. The van der Waals surface area contributed by atoms with Crippen LogP contribution in [0.5, 0.6) is 11.5 Å². The largest absolute Gasteiger partial charge is 0.454 e. The van der Waals surface area contributed by atoms with Crippen molar-refractivity contribution >= 4 is 12.0 Å². The number of alkyl carbamates (subject to hydrolysis) is 1. The minimum Gasteiger partial charge on any atom is -0.454 e. The van der Waals surface area contributed by atoms with Crippen molar-refractivity contribution in [1.29, 1.82) is 0 Å². The lowest BCUT2D eigenvalue weighted by Crippen LogP contribution is -2.45. The summed E-state index contributed by atoms with van der Waals surface area (Å²) in [4.78, 5) is 24.7. The van der Waals surface area contributed by atoms with Crippen molar-refractivity contribution in [3.05, 3.63) is 23.8 Å². The van der Waals surface area contributed by atoms with Crippen molar-refractivity contribution in [3.8, 4) is 11.5 Å². The number of fused-ring (bicyclic) bond motifs is 1. The third-order valence-corrected chi connectivity index (χ3v) is 3.32. The van der Waals surface area contributed by atoms with E-state index < -0.39 is 18.0 Å². The maximum absolute atomic E-state index is 11.8. The SMILES string of the molecule is COC(=O)NC(=O)[C@@H](C)N(C)Cc1ccc2c(c1)OCO2. The van der Waals surface area contributed by atoms with E-state index >= 15 is 0 Å². The lowest BCUT2D eigenvalue weighted by molar-refractivity contribution is -0.124. The van der Waals surface area contributed by atoms with Gasteiger partial charge in [-0.05, 0) is 31.7 Å². The van der Waals surface area contributed by atoms with Gasteiger partial charge in [-0.15, -0.1) is 0 Å². The molecule has 1 aliphatic heterocycles. The molecule has 0 bridgehead atoms. The van der Waals surface area contributed by atoms with Crippen LogP contribution >= 0.6 is 0 Å². The van der Waals surface area contributed by atoms with Crippen molar-refractivity contribution in [2.75, 3.05) is 21.0 Å². The highest BCUT2D eigenvalue weighted by Crippen LogP contribution is 2.32. The third-order valence-electron chi connectivity index (χ3n) is 3.32. The van der Waals surface area contributed by atoms with Gasteiger partial charge in [-0.1, -0.05) is 6.07 Å². The van der Waals surface area contributed by atoms with Gasteiger partial charge in [0.25, 0.3) is 0 Å². The fourth-order valence-electron chi connectivity index (χ4n) is 1.92. The van der Waals surface area contributed by atoms with Gasteiger partial charge < -0.3 is 14.2 Å². The number of methoxy groups -OCH3 is 1. The number of imide groups is 1. The number of hydrogen-bond donors (Lipinski definition) is 1. The summed E-state index contributed by atoms with van der Waals surface area (Å²) in [7, 11) is 3.01. The number of rotatable bonds is 4. The summed E-state index contributed by atoms with van der Waals surface area (Å²) in [5, 5.41) is 2.15. The maximum atomic E-state index is 11.8. The van der Waals surface area contributed by atoms with E-state index in [1.165, 1.54) is 7.11 Å². The van der Waals surface area contributed by atoms with Crippen LogP contribution in [-0.2, 0) is 16.1 Å². The zero-order valence-electron chi connectivity index (χ0n) is 12.2. The molecule has 1 aromatic rings. The molecule has 0 aromatic heterocycles. The van der Waals surface area contributed by atoms with Crippen LogP contribution in [0.1, 0.15) is 12.5 Å². The molecule has 0 saturated heterocycles. The summed E-state index contributed by atoms with van der Waals surface area (Å²) in [5.74, 6) is 1.01. The number of carbonyl (C=O) groups excluding carboxylic acids is 2. The molecule has 114 valence electrons. The Morgan fingerprint density at radius 2 is 2.10 bits per heavy atom. The normalized spacial score (nSPS) is 13.9. The maximum Gasteiger partial charge on any atom is 0.413 e. The molecule has 2 rings (SSSR count). The standard InChI is InChI=1S/C14H18N2O5/c1-9(13(17)15-14(18)19-3)16(2)7-10-4-5-11-12(6-10)21-8-20-11/h4-6,9H,7-8H2,1-3H3,(H,15,17,18)/t9-/m1/s1. The van der Waals surface area contributed by atoms with Crippen molar-refractivity contribution in [3.63, 3.8) is 0 Å².